The lowest BCUT2D eigenvalue weighted by molar-refractivity contribution is -0.133. The van der Waals surface area contributed by atoms with Gasteiger partial charge in [0, 0.05) is 43.9 Å². The smallest absolute Gasteiger partial charge is 0.253 e. The van der Waals surface area contributed by atoms with Gasteiger partial charge in [0.15, 0.2) is 5.11 Å². The minimum absolute atomic E-state index is 0.0281. The highest BCUT2D eigenvalue weighted by Gasteiger charge is 2.42. The molecule has 4 rings (SSSR count). The first kappa shape index (κ1) is 24.0. The van der Waals surface area contributed by atoms with Crippen LogP contribution in [0, 0.1) is 5.41 Å². The van der Waals surface area contributed by atoms with Gasteiger partial charge in [-0.05, 0) is 73.6 Å². The molecule has 2 aliphatic rings. The highest BCUT2D eigenvalue weighted by atomic mass is 32.1. The number of hydrogen-bond donors (Lipinski definition) is 2. The Morgan fingerprint density at radius 2 is 1.71 bits per heavy atom. The fourth-order valence-corrected chi connectivity index (χ4v) is 5.01. The van der Waals surface area contributed by atoms with Crippen LogP contribution in [-0.2, 0) is 4.79 Å². The van der Waals surface area contributed by atoms with Crippen LogP contribution >= 0.6 is 12.2 Å². The maximum Gasteiger partial charge on any atom is 0.253 e. The first-order chi connectivity index (χ1) is 16.4. The van der Waals surface area contributed by atoms with Crippen molar-refractivity contribution in [3.05, 3.63) is 60.2 Å². The zero-order valence-electron chi connectivity index (χ0n) is 19.4. The van der Waals surface area contributed by atoms with Crippen molar-refractivity contribution in [2.24, 2.45) is 11.1 Å². The van der Waals surface area contributed by atoms with Crippen molar-refractivity contribution in [3.63, 3.8) is 0 Å². The number of carbonyl (C=O) groups is 2. The van der Waals surface area contributed by atoms with Crippen LogP contribution in [0.2, 0.25) is 0 Å². The number of ether oxygens (including phenoxy) is 1. The van der Waals surface area contributed by atoms with Gasteiger partial charge in [-0.1, -0.05) is 24.3 Å². The van der Waals surface area contributed by atoms with Gasteiger partial charge in [0.2, 0.25) is 5.91 Å². The Balaban J connectivity index is 1.22. The van der Waals surface area contributed by atoms with E-state index in [2.05, 4.69) is 5.32 Å². The van der Waals surface area contributed by atoms with E-state index in [0.717, 1.165) is 51.2 Å². The molecule has 1 spiro atoms. The van der Waals surface area contributed by atoms with Crippen LogP contribution in [0.3, 0.4) is 0 Å². The molecule has 2 amide bonds. The van der Waals surface area contributed by atoms with Crippen molar-refractivity contribution < 1.29 is 14.3 Å². The summed E-state index contributed by atoms with van der Waals surface area (Å²) in [5.74, 6) is 1.06. The third-order valence-electron chi connectivity index (χ3n) is 6.83. The molecule has 2 aromatic carbocycles. The molecule has 0 bridgehead atoms. The summed E-state index contributed by atoms with van der Waals surface area (Å²) in [5, 5.41) is 3.06. The van der Waals surface area contributed by atoms with E-state index in [9.17, 15) is 9.59 Å². The second-order valence-electron chi connectivity index (χ2n) is 9.19. The van der Waals surface area contributed by atoms with Crippen molar-refractivity contribution in [1.29, 1.82) is 0 Å². The standard InChI is InChI=1S/C26H32N4O3S/c27-25(34)28-21-7-4-6-20(18-21)24(32)30-16-13-26(19-30)11-14-29(15-12-26)23(31)10-5-17-33-22-8-2-1-3-9-22/h1-4,6-9,18H,5,10-17,19H2,(H3,27,28,34). The molecule has 7 nitrogen and oxygen atoms in total. The molecule has 8 heteroatoms. The van der Waals surface area contributed by atoms with E-state index >= 15 is 0 Å². The van der Waals surface area contributed by atoms with Gasteiger partial charge in [-0.3, -0.25) is 9.59 Å². The number of carbonyl (C=O) groups excluding carboxylic acids is 2. The van der Waals surface area contributed by atoms with Crippen LogP contribution in [0.15, 0.2) is 54.6 Å². The van der Waals surface area contributed by atoms with Gasteiger partial charge in [-0.25, -0.2) is 0 Å². The molecule has 0 atom stereocenters. The van der Waals surface area contributed by atoms with E-state index in [1.165, 1.54) is 0 Å². The monoisotopic (exact) mass is 480 g/mol. The average Bonchev–Trinajstić information content (AvgIpc) is 3.25. The third kappa shape index (κ3) is 6.05. The van der Waals surface area contributed by atoms with Crippen LogP contribution in [0.25, 0.3) is 0 Å². The summed E-state index contributed by atoms with van der Waals surface area (Å²) < 4.78 is 5.69. The van der Waals surface area contributed by atoms with Crippen LogP contribution in [0.1, 0.15) is 42.5 Å². The van der Waals surface area contributed by atoms with Gasteiger partial charge in [-0.15, -0.1) is 0 Å². The van der Waals surface area contributed by atoms with E-state index in [4.69, 9.17) is 22.7 Å². The minimum atomic E-state index is 0.0281. The Hall–Kier alpha value is -3.13. The molecule has 0 unspecified atom stereocenters. The normalized spacial score (nSPS) is 16.9. The van der Waals surface area contributed by atoms with Crippen LogP contribution in [0.5, 0.6) is 5.75 Å². The number of amides is 2. The largest absolute Gasteiger partial charge is 0.494 e. The van der Waals surface area contributed by atoms with Crippen molar-refractivity contribution in [2.75, 3.05) is 38.1 Å². The Morgan fingerprint density at radius 3 is 2.41 bits per heavy atom. The first-order valence-electron chi connectivity index (χ1n) is 11.9. The van der Waals surface area contributed by atoms with Crippen molar-refractivity contribution in [1.82, 2.24) is 9.80 Å². The maximum atomic E-state index is 13.1. The fourth-order valence-electron chi connectivity index (χ4n) is 4.89. The van der Waals surface area contributed by atoms with Gasteiger partial charge in [0.05, 0.1) is 6.61 Å². The van der Waals surface area contributed by atoms with Crippen molar-refractivity contribution in [2.45, 2.75) is 32.1 Å². The molecule has 2 heterocycles. The molecule has 180 valence electrons. The Labute approximate surface area is 206 Å². The zero-order chi connectivity index (χ0) is 24.0. The number of benzene rings is 2. The van der Waals surface area contributed by atoms with Gasteiger partial charge in [0.25, 0.3) is 5.91 Å². The number of para-hydroxylation sites is 1. The average molecular weight is 481 g/mol. The van der Waals surface area contributed by atoms with E-state index < -0.39 is 0 Å². The number of nitrogens with one attached hydrogen (secondary N) is 1. The van der Waals surface area contributed by atoms with Crippen LogP contribution in [0.4, 0.5) is 5.69 Å². The number of piperidine rings is 1. The topological polar surface area (TPSA) is 87.9 Å². The molecular weight excluding hydrogens is 448 g/mol. The molecule has 34 heavy (non-hydrogen) atoms. The van der Waals surface area contributed by atoms with Gasteiger partial charge in [0.1, 0.15) is 5.75 Å². The lowest BCUT2D eigenvalue weighted by Crippen LogP contribution is -2.44. The predicted octanol–water partition coefficient (Wildman–Crippen LogP) is 3.66. The molecule has 0 saturated carbocycles. The number of hydrogen-bond acceptors (Lipinski definition) is 4. The number of likely N-dealkylation sites (tertiary alicyclic amines) is 2. The van der Waals surface area contributed by atoms with Crippen LogP contribution in [-0.4, -0.2) is 59.5 Å². The zero-order valence-corrected chi connectivity index (χ0v) is 20.2. The summed E-state index contributed by atoms with van der Waals surface area (Å²) >= 11 is 4.89. The molecule has 3 N–H and O–H groups in total. The summed E-state index contributed by atoms with van der Waals surface area (Å²) in [6, 6.07) is 16.9. The Morgan fingerprint density at radius 1 is 1.00 bits per heavy atom. The maximum absolute atomic E-state index is 13.1. The fraction of sp³-hybridized carbons (Fsp3) is 0.423. The summed E-state index contributed by atoms with van der Waals surface area (Å²) in [6.45, 7) is 3.54. The minimum Gasteiger partial charge on any atom is -0.494 e. The lowest BCUT2D eigenvalue weighted by atomic mass is 9.77. The third-order valence-corrected chi connectivity index (χ3v) is 6.93. The summed E-state index contributed by atoms with van der Waals surface area (Å²) in [5.41, 5.74) is 7.00. The number of thiocarbonyl (C=S) groups is 1. The van der Waals surface area contributed by atoms with Crippen LogP contribution < -0.4 is 15.8 Å². The second kappa shape index (κ2) is 10.9. The van der Waals surface area contributed by atoms with E-state index in [-0.39, 0.29) is 22.3 Å². The quantitative estimate of drug-likeness (QED) is 0.465. The molecule has 0 aromatic heterocycles. The molecule has 2 fully saturated rings. The number of anilines is 1. The highest BCUT2D eigenvalue weighted by Crippen LogP contribution is 2.41. The summed E-state index contributed by atoms with van der Waals surface area (Å²) in [6.07, 6.45) is 4.07. The Kier molecular flexibility index (Phi) is 7.67. The van der Waals surface area contributed by atoms with Crippen molar-refractivity contribution in [3.8, 4) is 5.75 Å². The Bertz CT molecular complexity index is 1020. The van der Waals surface area contributed by atoms with E-state index in [1.54, 1.807) is 6.07 Å². The molecule has 2 aromatic rings. The number of nitrogens with two attached hydrogens (primary N) is 1. The van der Waals surface area contributed by atoms with Gasteiger partial charge < -0.3 is 25.6 Å². The molecule has 2 aliphatic heterocycles. The number of nitrogens with zero attached hydrogens (tertiary/aromatic N) is 2. The second-order valence-corrected chi connectivity index (χ2v) is 9.63. The number of rotatable bonds is 7. The van der Waals surface area contributed by atoms with E-state index in [1.807, 2.05) is 58.3 Å². The van der Waals surface area contributed by atoms with Gasteiger partial charge in [-0.2, -0.15) is 0 Å². The van der Waals surface area contributed by atoms with Crippen molar-refractivity contribution >= 4 is 34.8 Å². The summed E-state index contributed by atoms with van der Waals surface area (Å²) in [7, 11) is 0. The summed E-state index contributed by atoms with van der Waals surface area (Å²) in [4.78, 5) is 29.7. The first-order valence-corrected chi connectivity index (χ1v) is 12.3. The predicted molar refractivity (Wildman–Crippen MR) is 137 cm³/mol. The molecular formula is C26H32N4O3S. The van der Waals surface area contributed by atoms with E-state index in [0.29, 0.717) is 30.7 Å². The highest BCUT2D eigenvalue weighted by molar-refractivity contribution is 7.80. The molecule has 0 radical (unpaired) electrons. The SMILES string of the molecule is NC(=S)Nc1cccc(C(=O)N2CCC3(CCN(C(=O)CCCOc4ccccc4)CC3)C2)c1. The van der Waals surface area contributed by atoms with Gasteiger partial charge >= 0.3 is 0 Å². The lowest BCUT2D eigenvalue weighted by Gasteiger charge is -2.39. The molecule has 0 aliphatic carbocycles. The molecule has 2 saturated heterocycles.